The van der Waals surface area contributed by atoms with Crippen LogP contribution < -0.4 is 5.32 Å². The van der Waals surface area contributed by atoms with Crippen LogP contribution in [0.4, 0.5) is 0 Å². The summed E-state index contributed by atoms with van der Waals surface area (Å²) in [6.45, 7) is 13.0. The molecule has 0 aliphatic carbocycles. The highest BCUT2D eigenvalue weighted by Gasteiger charge is 2.27. The highest BCUT2D eigenvalue weighted by Crippen LogP contribution is 2.18. The van der Waals surface area contributed by atoms with Crippen LogP contribution in [0.15, 0.2) is 0 Å². The molecule has 21 heavy (non-hydrogen) atoms. The summed E-state index contributed by atoms with van der Waals surface area (Å²) < 4.78 is 0. The molecule has 0 amide bonds. The van der Waals surface area contributed by atoms with E-state index >= 15 is 0 Å². The molecule has 0 aromatic carbocycles. The first-order valence-electron chi connectivity index (χ1n) is 8.45. The third-order valence-electron chi connectivity index (χ3n) is 3.86. The molecule has 1 unspecified atom stereocenters. The largest absolute Gasteiger partial charge is 0.308 e. The van der Waals surface area contributed by atoms with E-state index in [4.69, 9.17) is 0 Å². The highest BCUT2D eigenvalue weighted by molar-refractivity contribution is 5.06. The van der Waals surface area contributed by atoms with Crippen molar-refractivity contribution < 1.29 is 0 Å². The Hall–Kier alpha value is -0.630. The van der Waals surface area contributed by atoms with Gasteiger partial charge in [0.05, 0.1) is 6.07 Å². The Labute approximate surface area is 132 Å². The summed E-state index contributed by atoms with van der Waals surface area (Å²) >= 11 is 0. The number of rotatable bonds is 12. The lowest BCUT2D eigenvalue weighted by Gasteiger charge is -2.30. The quantitative estimate of drug-likeness (QED) is 0.601. The van der Waals surface area contributed by atoms with E-state index in [0.717, 1.165) is 45.4 Å². The Kier molecular flexibility index (Phi) is 10.7. The summed E-state index contributed by atoms with van der Waals surface area (Å²) in [7, 11) is 4.24. The molecule has 0 aliphatic heterocycles. The van der Waals surface area contributed by atoms with E-state index in [1.807, 2.05) is 0 Å². The molecular formula is C17H36N4. The molecule has 0 spiro atoms. The van der Waals surface area contributed by atoms with Crippen LogP contribution in [0.25, 0.3) is 0 Å². The van der Waals surface area contributed by atoms with Gasteiger partial charge in [0.15, 0.2) is 0 Å². The van der Waals surface area contributed by atoms with Gasteiger partial charge in [0, 0.05) is 19.1 Å². The topological polar surface area (TPSA) is 42.3 Å². The minimum atomic E-state index is -0.354. The van der Waals surface area contributed by atoms with Gasteiger partial charge in [0.1, 0.15) is 5.54 Å². The molecular weight excluding hydrogens is 260 g/mol. The van der Waals surface area contributed by atoms with Crippen LogP contribution in [-0.2, 0) is 0 Å². The van der Waals surface area contributed by atoms with Crippen LogP contribution in [0.1, 0.15) is 53.4 Å². The Morgan fingerprint density at radius 2 is 1.76 bits per heavy atom. The summed E-state index contributed by atoms with van der Waals surface area (Å²) in [6, 6.07) is 2.87. The van der Waals surface area contributed by atoms with E-state index in [1.165, 1.54) is 6.42 Å². The molecule has 4 nitrogen and oxygen atoms in total. The highest BCUT2D eigenvalue weighted by atomic mass is 15.2. The van der Waals surface area contributed by atoms with Gasteiger partial charge in [-0.15, -0.1) is 0 Å². The zero-order chi connectivity index (χ0) is 16.3. The first-order valence-corrected chi connectivity index (χ1v) is 8.45. The van der Waals surface area contributed by atoms with Crippen molar-refractivity contribution in [3.8, 4) is 6.07 Å². The number of likely N-dealkylation sites (N-methyl/N-ethyl adjacent to an activating group) is 1. The summed E-state index contributed by atoms with van der Waals surface area (Å²) in [5.41, 5.74) is -0.354. The maximum absolute atomic E-state index is 9.54. The monoisotopic (exact) mass is 296 g/mol. The zero-order valence-electron chi connectivity index (χ0n) is 15.1. The van der Waals surface area contributed by atoms with Gasteiger partial charge in [0.2, 0.25) is 0 Å². The van der Waals surface area contributed by atoms with Crippen molar-refractivity contribution >= 4 is 0 Å². The third-order valence-corrected chi connectivity index (χ3v) is 3.86. The first-order chi connectivity index (χ1) is 9.89. The third kappa shape index (κ3) is 9.08. The number of nitriles is 1. The van der Waals surface area contributed by atoms with Gasteiger partial charge >= 0.3 is 0 Å². The number of hydrogen-bond acceptors (Lipinski definition) is 4. The van der Waals surface area contributed by atoms with Crippen LogP contribution in [0.2, 0.25) is 0 Å². The molecule has 1 N–H and O–H groups in total. The van der Waals surface area contributed by atoms with E-state index in [0.29, 0.717) is 6.04 Å². The van der Waals surface area contributed by atoms with E-state index in [2.05, 4.69) is 63.0 Å². The van der Waals surface area contributed by atoms with Crippen LogP contribution in [0, 0.1) is 11.3 Å². The smallest absolute Gasteiger partial charge is 0.106 e. The van der Waals surface area contributed by atoms with Crippen molar-refractivity contribution in [2.24, 2.45) is 0 Å². The van der Waals surface area contributed by atoms with Crippen molar-refractivity contribution in [1.82, 2.24) is 15.1 Å². The molecule has 4 heteroatoms. The molecule has 0 aliphatic rings. The number of nitrogens with zero attached hydrogens (tertiary/aromatic N) is 3. The van der Waals surface area contributed by atoms with Crippen molar-refractivity contribution in [2.75, 3.05) is 40.3 Å². The summed E-state index contributed by atoms with van der Waals surface area (Å²) in [5, 5.41) is 13.0. The molecule has 0 aromatic heterocycles. The second kappa shape index (κ2) is 11.0. The van der Waals surface area contributed by atoms with Gasteiger partial charge in [-0.2, -0.15) is 5.26 Å². The Morgan fingerprint density at radius 1 is 1.10 bits per heavy atom. The lowest BCUT2D eigenvalue weighted by atomic mass is 9.91. The van der Waals surface area contributed by atoms with E-state index in [9.17, 15) is 5.26 Å². The second-order valence-corrected chi connectivity index (χ2v) is 6.59. The lowest BCUT2D eigenvalue weighted by molar-refractivity contribution is 0.226. The minimum Gasteiger partial charge on any atom is -0.308 e. The van der Waals surface area contributed by atoms with Gasteiger partial charge in [0.25, 0.3) is 0 Å². The molecule has 0 heterocycles. The van der Waals surface area contributed by atoms with Gasteiger partial charge in [-0.05, 0) is 66.7 Å². The van der Waals surface area contributed by atoms with Crippen molar-refractivity contribution in [1.29, 1.82) is 5.26 Å². The van der Waals surface area contributed by atoms with Crippen molar-refractivity contribution in [2.45, 2.75) is 65.0 Å². The summed E-state index contributed by atoms with van der Waals surface area (Å²) in [5.74, 6) is 0. The van der Waals surface area contributed by atoms with Crippen LogP contribution >= 0.6 is 0 Å². The first kappa shape index (κ1) is 20.4. The van der Waals surface area contributed by atoms with Crippen molar-refractivity contribution in [3.63, 3.8) is 0 Å². The Bertz CT molecular complexity index is 296. The lowest BCUT2D eigenvalue weighted by Crippen LogP contribution is -2.47. The molecule has 0 radical (unpaired) electrons. The van der Waals surface area contributed by atoms with Crippen LogP contribution in [-0.4, -0.2) is 61.7 Å². The molecule has 1 atom stereocenters. The number of nitrogens with one attached hydrogen (secondary N) is 1. The summed E-state index contributed by atoms with van der Waals surface area (Å²) in [4.78, 5) is 4.75. The van der Waals surface area contributed by atoms with E-state index < -0.39 is 0 Å². The summed E-state index contributed by atoms with van der Waals surface area (Å²) in [6.07, 6.45) is 4.07. The maximum Gasteiger partial charge on any atom is 0.106 e. The van der Waals surface area contributed by atoms with Crippen molar-refractivity contribution in [3.05, 3.63) is 0 Å². The normalized spacial score (nSPS) is 14.7. The van der Waals surface area contributed by atoms with Gasteiger partial charge < -0.3 is 9.80 Å². The molecule has 0 saturated heterocycles. The van der Waals surface area contributed by atoms with E-state index in [-0.39, 0.29) is 5.54 Å². The average molecular weight is 297 g/mol. The molecule has 0 bridgehead atoms. The fourth-order valence-electron chi connectivity index (χ4n) is 2.67. The SMILES string of the molecule is CCCN(CCCC(C#N)(CC)NC(C)C)CCN(C)C. The predicted molar refractivity (Wildman–Crippen MR) is 91.4 cm³/mol. The maximum atomic E-state index is 9.54. The molecule has 124 valence electrons. The molecule has 0 fully saturated rings. The fraction of sp³-hybridized carbons (Fsp3) is 0.941. The van der Waals surface area contributed by atoms with Gasteiger partial charge in [-0.3, -0.25) is 5.32 Å². The Balaban J connectivity index is 4.34. The Morgan fingerprint density at radius 3 is 2.19 bits per heavy atom. The minimum absolute atomic E-state index is 0.352. The van der Waals surface area contributed by atoms with Gasteiger partial charge in [-0.25, -0.2) is 0 Å². The zero-order valence-corrected chi connectivity index (χ0v) is 15.1. The van der Waals surface area contributed by atoms with Gasteiger partial charge in [-0.1, -0.05) is 13.8 Å². The average Bonchev–Trinajstić information content (AvgIpc) is 2.43. The second-order valence-electron chi connectivity index (χ2n) is 6.59. The van der Waals surface area contributed by atoms with E-state index in [1.54, 1.807) is 0 Å². The fourth-order valence-corrected chi connectivity index (χ4v) is 2.67. The van der Waals surface area contributed by atoms with Crippen LogP contribution in [0.5, 0.6) is 0 Å². The standard InChI is InChI=1S/C17H36N4/c1-7-11-21(14-13-20(5)6)12-9-10-17(8-2,15-18)19-16(3)4/h16,19H,7-14H2,1-6H3. The molecule has 0 aromatic rings. The molecule has 0 saturated carbocycles. The van der Waals surface area contributed by atoms with Crippen LogP contribution in [0.3, 0.4) is 0 Å². The predicted octanol–water partition coefficient (Wildman–Crippen LogP) is 2.71. The number of hydrogen-bond donors (Lipinski definition) is 1. The molecule has 0 rings (SSSR count).